The molecule has 240 valence electrons. The molecule has 5 nitrogen and oxygen atoms in total. The molecule has 6 heteroatoms. The predicted molar refractivity (Wildman–Crippen MR) is 213 cm³/mol. The average molecular weight is 673 g/mol. The maximum Gasteiger partial charge on any atom is 0.159 e. The van der Waals surface area contributed by atoms with E-state index in [1.807, 2.05) is 18.2 Å². The highest BCUT2D eigenvalue weighted by atomic mass is 32.1. The van der Waals surface area contributed by atoms with Crippen LogP contribution in [0.4, 0.5) is 0 Å². The first kappa shape index (κ1) is 28.3. The highest BCUT2D eigenvalue weighted by Crippen LogP contribution is 2.44. The molecule has 1 atom stereocenters. The SMILES string of the molecule is c1ccc(C2N=C(c3ccc(-n4c5ccccc5c5ccccc54)cc3)N=C(c3cc4c5ccccc5oc4c4c3sc3ccccc34)N2)cc1. The first-order valence-corrected chi connectivity index (χ1v) is 17.9. The number of furan rings is 1. The lowest BCUT2D eigenvalue weighted by Crippen LogP contribution is -2.33. The van der Waals surface area contributed by atoms with E-state index in [0.29, 0.717) is 5.84 Å². The van der Waals surface area contributed by atoms with Crippen molar-refractivity contribution in [2.75, 3.05) is 0 Å². The summed E-state index contributed by atoms with van der Waals surface area (Å²) in [7, 11) is 0. The zero-order valence-electron chi connectivity index (χ0n) is 27.2. The van der Waals surface area contributed by atoms with E-state index in [9.17, 15) is 0 Å². The lowest BCUT2D eigenvalue weighted by atomic mass is 10.0. The van der Waals surface area contributed by atoms with E-state index in [1.54, 1.807) is 11.3 Å². The molecule has 1 unspecified atom stereocenters. The van der Waals surface area contributed by atoms with Crippen LogP contribution in [0.15, 0.2) is 172 Å². The first-order valence-electron chi connectivity index (χ1n) is 17.1. The Balaban J connectivity index is 1.11. The van der Waals surface area contributed by atoms with Crippen molar-refractivity contribution >= 4 is 86.9 Å². The molecule has 0 fully saturated rings. The first-order chi connectivity index (χ1) is 25.3. The molecule has 1 aliphatic heterocycles. The Bertz CT molecular complexity index is 3000. The molecule has 0 radical (unpaired) electrons. The van der Waals surface area contributed by atoms with Gasteiger partial charge in [0.05, 0.1) is 15.7 Å². The number of nitrogens with zero attached hydrogens (tertiary/aromatic N) is 3. The van der Waals surface area contributed by atoms with Gasteiger partial charge in [-0.25, -0.2) is 9.98 Å². The molecule has 51 heavy (non-hydrogen) atoms. The molecule has 7 aromatic carbocycles. The molecular formula is C45H28N4OS. The number of nitrogens with one attached hydrogen (secondary N) is 1. The number of rotatable bonds is 4. The fourth-order valence-electron chi connectivity index (χ4n) is 7.72. The third-order valence-corrected chi connectivity index (χ3v) is 11.3. The van der Waals surface area contributed by atoms with Crippen LogP contribution in [0, 0.1) is 0 Å². The van der Waals surface area contributed by atoms with Crippen LogP contribution >= 0.6 is 11.3 Å². The molecule has 0 saturated carbocycles. The Hall–Kier alpha value is -6.50. The monoisotopic (exact) mass is 672 g/mol. The zero-order chi connectivity index (χ0) is 33.5. The summed E-state index contributed by atoms with van der Waals surface area (Å²) in [5.74, 6) is 1.49. The van der Waals surface area contributed by atoms with Crippen molar-refractivity contribution in [1.82, 2.24) is 9.88 Å². The number of amidine groups is 2. The minimum Gasteiger partial charge on any atom is -0.455 e. The van der Waals surface area contributed by atoms with Crippen molar-refractivity contribution in [3.63, 3.8) is 0 Å². The molecule has 11 rings (SSSR count). The average Bonchev–Trinajstić information content (AvgIpc) is 3.88. The van der Waals surface area contributed by atoms with Crippen molar-refractivity contribution in [1.29, 1.82) is 0 Å². The predicted octanol–water partition coefficient (Wildman–Crippen LogP) is 11.5. The Morgan fingerprint density at radius 1 is 0.608 bits per heavy atom. The number of benzene rings is 7. The molecule has 0 aliphatic carbocycles. The fraction of sp³-hybridized carbons (Fsp3) is 0.0222. The van der Waals surface area contributed by atoms with Gasteiger partial charge in [-0.3, -0.25) is 0 Å². The molecule has 0 spiro atoms. The van der Waals surface area contributed by atoms with Gasteiger partial charge in [0.1, 0.15) is 23.2 Å². The van der Waals surface area contributed by atoms with E-state index in [-0.39, 0.29) is 6.17 Å². The summed E-state index contributed by atoms with van der Waals surface area (Å²) < 4.78 is 11.3. The minimum absolute atomic E-state index is 0.313. The third-order valence-electron chi connectivity index (χ3n) is 10.1. The Morgan fingerprint density at radius 3 is 2.02 bits per heavy atom. The molecule has 0 saturated heterocycles. The van der Waals surface area contributed by atoms with Crippen molar-refractivity contribution in [3.05, 3.63) is 174 Å². The van der Waals surface area contributed by atoms with E-state index in [0.717, 1.165) is 60.2 Å². The van der Waals surface area contributed by atoms with Gasteiger partial charge in [-0.2, -0.15) is 0 Å². The van der Waals surface area contributed by atoms with Crippen LogP contribution in [0.5, 0.6) is 0 Å². The van der Waals surface area contributed by atoms with Crippen molar-refractivity contribution in [2.24, 2.45) is 9.98 Å². The quantitative estimate of drug-likeness (QED) is 0.202. The molecule has 10 aromatic rings. The Morgan fingerprint density at radius 2 is 1.25 bits per heavy atom. The van der Waals surface area contributed by atoms with Crippen LogP contribution in [-0.4, -0.2) is 16.2 Å². The summed E-state index contributed by atoms with van der Waals surface area (Å²) in [4.78, 5) is 10.5. The minimum atomic E-state index is -0.313. The van der Waals surface area contributed by atoms with Gasteiger partial charge in [0, 0.05) is 53.8 Å². The normalized spacial score (nSPS) is 14.9. The number of para-hydroxylation sites is 3. The van der Waals surface area contributed by atoms with Gasteiger partial charge in [-0.15, -0.1) is 11.3 Å². The highest BCUT2D eigenvalue weighted by Gasteiger charge is 2.26. The smallest absolute Gasteiger partial charge is 0.159 e. The van der Waals surface area contributed by atoms with Crippen LogP contribution in [0.1, 0.15) is 22.9 Å². The Labute approximate surface area is 296 Å². The van der Waals surface area contributed by atoms with Crippen LogP contribution in [0.25, 0.3) is 69.6 Å². The topological polar surface area (TPSA) is 54.8 Å². The largest absolute Gasteiger partial charge is 0.455 e. The van der Waals surface area contributed by atoms with E-state index in [4.69, 9.17) is 14.4 Å². The third kappa shape index (κ3) is 4.33. The second kappa shape index (κ2) is 11.0. The van der Waals surface area contributed by atoms with E-state index < -0.39 is 0 Å². The lowest BCUT2D eigenvalue weighted by Gasteiger charge is -2.24. The second-order valence-corrected chi connectivity index (χ2v) is 14.0. The number of fused-ring (bicyclic) bond motifs is 10. The molecule has 0 amide bonds. The van der Waals surface area contributed by atoms with Crippen LogP contribution < -0.4 is 5.32 Å². The summed E-state index contributed by atoms with van der Waals surface area (Å²) >= 11 is 1.78. The van der Waals surface area contributed by atoms with Gasteiger partial charge in [0.15, 0.2) is 5.84 Å². The molecule has 1 aliphatic rings. The van der Waals surface area contributed by atoms with Crippen molar-refractivity contribution < 1.29 is 4.42 Å². The van der Waals surface area contributed by atoms with E-state index >= 15 is 0 Å². The van der Waals surface area contributed by atoms with E-state index in [1.165, 1.54) is 31.9 Å². The molecule has 3 aromatic heterocycles. The molecule has 0 bridgehead atoms. The zero-order valence-corrected chi connectivity index (χ0v) is 28.1. The number of thiophene rings is 1. The van der Waals surface area contributed by atoms with Crippen molar-refractivity contribution in [3.8, 4) is 5.69 Å². The number of aliphatic imine (C=N–C) groups is 2. The summed E-state index contributed by atoms with van der Waals surface area (Å²) in [6.07, 6.45) is -0.313. The van der Waals surface area contributed by atoms with Gasteiger partial charge in [-0.05, 0) is 60.2 Å². The second-order valence-electron chi connectivity index (χ2n) is 13.0. The highest BCUT2D eigenvalue weighted by molar-refractivity contribution is 7.26. The summed E-state index contributed by atoms with van der Waals surface area (Å²) in [6.45, 7) is 0. The van der Waals surface area contributed by atoms with Gasteiger partial charge in [0.2, 0.25) is 0 Å². The molecule has 4 heterocycles. The van der Waals surface area contributed by atoms with Gasteiger partial charge in [-0.1, -0.05) is 103 Å². The van der Waals surface area contributed by atoms with Gasteiger partial charge < -0.3 is 14.3 Å². The van der Waals surface area contributed by atoms with Crippen LogP contribution in [-0.2, 0) is 0 Å². The van der Waals surface area contributed by atoms with Gasteiger partial charge in [0.25, 0.3) is 0 Å². The van der Waals surface area contributed by atoms with Crippen LogP contribution in [0.2, 0.25) is 0 Å². The summed E-state index contributed by atoms with van der Waals surface area (Å²) in [5.41, 5.74) is 8.34. The fourth-order valence-corrected chi connectivity index (χ4v) is 8.94. The lowest BCUT2D eigenvalue weighted by molar-refractivity contribution is 0.672. The Kier molecular flexibility index (Phi) is 6.12. The molecular weight excluding hydrogens is 645 g/mol. The standard InChI is InChI=1S/C45H28N4OS/c1-2-12-27(13-3-1)43-46-44(28-22-24-29(25-23-28)49-36-18-8-4-14-30(36)31-15-5-9-19-37(31)49)48-45(47-43)35-26-34-32-16-6-10-20-38(32)50-41(34)40-33-17-7-11-21-39(33)51-42(35)40/h1-26,43H,(H,46,47,48). The van der Waals surface area contributed by atoms with Crippen molar-refractivity contribution in [2.45, 2.75) is 6.17 Å². The maximum atomic E-state index is 6.57. The number of hydrogen-bond acceptors (Lipinski definition) is 5. The van der Waals surface area contributed by atoms with E-state index in [2.05, 4.69) is 149 Å². The summed E-state index contributed by atoms with van der Waals surface area (Å²) in [6, 6.07) is 55.4. The summed E-state index contributed by atoms with van der Waals surface area (Å²) in [5, 5.41) is 10.7. The molecule has 1 N–H and O–H groups in total. The van der Waals surface area contributed by atoms with Gasteiger partial charge >= 0.3 is 0 Å². The maximum absolute atomic E-state index is 6.57. The van der Waals surface area contributed by atoms with Crippen LogP contribution in [0.3, 0.4) is 0 Å². The number of aromatic nitrogens is 1. The number of hydrogen-bond donors (Lipinski definition) is 1.